The van der Waals surface area contributed by atoms with Crippen molar-refractivity contribution >= 4 is 27.7 Å². The van der Waals surface area contributed by atoms with E-state index in [1.807, 2.05) is 30.0 Å². The lowest BCUT2D eigenvalue weighted by atomic mass is 10.2. The van der Waals surface area contributed by atoms with Gasteiger partial charge in [0.1, 0.15) is 5.75 Å². The van der Waals surface area contributed by atoms with Gasteiger partial charge in [0.2, 0.25) is 0 Å². The SMILES string of the molecule is CSCCCOc1ccc(Br)c(CO)c1. The molecule has 1 aromatic rings. The van der Waals surface area contributed by atoms with Gasteiger partial charge in [0.25, 0.3) is 0 Å². The van der Waals surface area contributed by atoms with Crippen LogP contribution in [-0.2, 0) is 6.61 Å². The fourth-order valence-electron chi connectivity index (χ4n) is 1.16. The van der Waals surface area contributed by atoms with Crippen LogP contribution in [0.5, 0.6) is 5.75 Å². The second-order valence-corrected chi connectivity index (χ2v) is 4.95. The fraction of sp³-hybridized carbons (Fsp3) is 0.455. The van der Waals surface area contributed by atoms with Crippen molar-refractivity contribution in [3.05, 3.63) is 28.2 Å². The molecular formula is C11H15BrO2S. The van der Waals surface area contributed by atoms with Crippen LogP contribution in [0.25, 0.3) is 0 Å². The van der Waals surface area contributed by atoms with Gasteiger partial charge in [-0.05, 0) is 42.2 Å². The summed E-state index contributed by atoms with van der Waals surface area (Å²) >= 11 is 5.18. The van der Waals surface area contributed by atoms with Crippen LogP contribution in [0.15, 0.2) is 22.7 Å². The van der Waals surface area contributed by atoms with Gasteiger partial charge in [0, 0.05) is 4.47 Å². The third-order valence-electron chi connectivity index (χ3n) is 1.95. The quantitative estimate of drug-likeness (QED) is 0.817. The van der Waals surface area contributed by atoms with E-state index in [0.29, 0.717) is 0 Å². The number of thioether (sulfide) groups is 1. The fourth-order valence-corrected chi connectivity index (χ4v) is 1.93. The van der Waals surface area contributed by atoms with Crippen molar-refractivity contribution in [2.75, 3.05) is 18.6 Å². The summed E-state index contributed by atoms with van der Waals surface area (Å²) in [5.41, 5.74) is 0.859. The summed E-state index contributed by atoms with van der Waals surface area (Å²) in [6.07, 6.45) is 3.13. The average Bonchev–Trinajstić information content (AvgIpc) is 2.26. The highest BCUT2D eigenvalue weighted by molar-refractivity contribution is 9.10. The molecule has 1 N–H and O–H groups in total. The number of benzene rings is 1. The van der Waals surface area contributed by atoms with Gasteiger partial charge in [0.05, 0.1) is 13.2 Å². The Morgan fingerprint density at radius 1 is 1.47 bits per heavy atom. The summed E-state index contributed by atoms with van der Waals surface area (Å²) in [7, 11) is 0. The van der Waals surface area contributed by atoms with E-state index in [0.717, 1.165) is 34.6 Å². The minimum atomic E-state index is 0.0304. The van der Waals surface area contributed by atoms with Gasteiger partial charge in [-0.25, -0.2) is 0 Å². The van der Waals surface area contributed by atoms with E-state index in [4.69, 9.17) is 9.84 Å². The summed E-state index contributed by atoms with van der Waals surface area (Å²) < 4.78 is 6.48. The van der Waals surface area contributed by atoms with Gasteiger partial charge in [-0.2, -0.15) is 11.8 Å². The Morgan fingerprint density at radius 2 is 2.27 bits per heavy atom. The molecule has 0 saturated carbocycles. The smallest absolute Gasteiger partial charge is 0.119 e. The first-order chi connectivity index (χ1) is 7.27. The number of rotatable bonds is 6. The molecule has 0 bridgehead atoms. The second kappa shape index (κ2) is 7.14. The first-order valence-corrected chi connectivity index (χ1v) is 6.97. The molecule has 0 aliphatic heterocycles. The van der Waals surface area contributed by atoms with Gasteiger partial charge in [-0.3, -0.25) is 0 Å². The average molecular weight is 291 g/mol. The molecule has 0 radical (unpaired) electrons. The van der Waals surface area contributed by atoms with Crippen LogP contribution in [0.4, 0.5) is 0 Å². The molecule has 0 aromatic heterocycles. The van der Waals surface area contributed by atoms with Crippen LogP contribution in [0.2, 0.25) is 0 Å². The van der Waals surface area contributed by atoms with Crippen LogP contribution in [0, 0.1) is 0 Å². The minimum Gasteiger partial charge on any atom is -0.494 e. The van der Waals surface area contributed by atoms with Crippen molar-refractivity contribution in [2.24, 2.45) is 0 Å². The molecule has 0 unspecified atom stereocenters. The highest BCUT2D eigenvalue weighted by atomic mass is 79.9. The predicted octanol–water partition coefficient (Wildman–Crippen LogP) is 3.07. The molecule has 1 aromatic carbocycles. The molecule has 0 spiro atoms. The maximum atomic E-state index is 9.06. The molecule has 0 fully saturated rings. The van der Waals surface area contributed by atoms with Crippen molar-refractivity contribution in [1.82, 2.24) is 0 Å². The summed E-state index contributed by atoms with van der Waals surface area (Å²) in [6, 6.07) is 5.67. The van der Waals surface area contributed by atoms with E-state index < -0.39 is 0 Å². The summed E-state index contributed by atoms with van der Waals surface area (Å²) in [5.74, 6) is 1.94. The van der Waals surface area contributed by atoms with E-state index in [-0.39, 0.29) is 6.61 Å². The third kappa shape index (κ3) is 4.45. The molecule has 0 heterocycles. The molecule has 0 amide bonds. The Kier molecular flexibility index (Phi) is 6.13. The topological polar surface area (TPSA) is 29.5 Å². The van der Waals surface area contributed by atoms with Gasteiger partial charge in [-0.15, -0.1) is 0 Å². The normalized spacial score (nSPS) is 10.3. The number of hydrogen-bond donors (Lipinski definition) is 1. The molecule has 2 nitrogen and oxygen atoms in total. The van der Waals surface area contributed by atoms with Crippen LogP contribution >= 0.6 is 27.7 Å². The molecule has 15 heavy (non-hydrogen) atoms. The highest BCUT2D eigenvalue weighted by Crippen LogP contribution is 2.22. The van der Waals surface area contributed by atoms with Crippen molar-refractivity contribution in [3.63, 3.8) is 0 Å². The van der Waals surface area contributed by atoms with E-state index in [2.05, 4.69) is 22.2 Å². The Bertz CT molecular complexity index is 305. The molecule has 84 valence electrons. The predicted molar refractivity (Wildman–Crippen MR) is 68.6 cm³/mol. The number of aliphatic hydroxyl groups excluding tert-OH is 1. The highest BCUT2D eigenvalue weighted by Gasteiger charge is 2.01. The number of ether oxygens (including phenoxy) is 1. The summed E-state index contributed by atoms with van der Waals surface area (Å²) in [6.45, 7) is 0.760. The second-order valence-electron chi connectivity index (χ2n) is 3.11. The van der Waals surface area contributed by atoms with Crippen LogP contribution in [0.1, 0.15) is 12.0 Å². The van der Waals surface area contributed by atoms with E-state index in [1.54, 1.807) is 0 Å². The van der Waals surface area contributed by atoms with Gasteiger partial charge in [0.15, 0.2) is 0 Å². The van der Waals surface area contributed by atoms with Gasteiger partial charge >= 0.3 is 0 Å². The molecule has 4 heteroatoms. The lowest BCUT2D eigenvalue weighted by Crippen LogP contribution is -1.99. The van der Waals surface area contributed by atoms with Crippen LogP contribution in [0.3, 0.4) is 0 Å². The molecular weight excluding hydrogens is 276 g/mol. The Hall–Kier alpha value is -0.190. The molecule has 0 aliphatic rings. The Morgan fingerprint density at radius 3 is 2.93 bits per heavy atom. The number of hydrogen-bond acceptors (Lipinski definition) is 3. The molecule has 0 aliphatic carbocycles. The first kappa shape index (κ1) is 12.9. The zero-order valence-corrected chi connectivity index (χ0v) is 11.1. The largest absolute Gasteiger partial charge is 0.494 e. The zero-order chi connectivity index (χ0) is 11.1. The van der Waals surface area contributed by atoms with Crippen molar-refractivity contribution in [2.45, 2.75) is 13.0 Å². The molecule has 1 rings (SSSR count). The van der Waals surface area contributed by atoms with Crippen molar-refractivity contribution in [3.8, 4) is 5.75 Å². The van der Waals surface area contributed by atoms with E-state index in [1.165, 1.54) is 0 Å². The monoisotopic (exact) mass is 290 g/mol. The van der Waals surface area contributed by atoms with Gasteiger partial charge in [-0.1, -0.05) is 15.9 Å². The van der Waals surface area contributed by atoms with Crippen molar-refractivity contribution in [1.29, 1.82) is 0 Å². The van der Waals surface area contributed by atoms with Crippen LogP contribution in [-0.4, -0.2) is 23.7 Å². The van der Waals surface area contributed by atoms with Crippen molar-refractivity contribution < 1.29 is 9.84 Å². The maximum Gasteiger partial charge on any atom is 0.119 e. The van der Waals surface area contributed by atoms with E-state index in [9.17, 15) is 0 Å². The van der Waals surface area contributed by atoms with Crippen LogP contribution < -0.4 is 4.74 Å². The lowest BCUT2D eigenvalue weighted by Gasteiger charge is -2.08. The Balaban J connectivity index is 2.47. The zero-order valence-electron chi connectivity index (χ0n) is 8.70. The molecule has 0 saturated heterocycles. The van der Waals surface area contributed by atoms with E-state index >= 15 is 0 Å². The maximum absolute atomic E-state index is 9.06. The van der Waals surface area contributed by atoms with Gasteiger partial charge < -0.3 is 9.84 Å². The molecule has 0 atom stereocenters. The first-order valence-electron chi connectivity index (χ1n) is 4.79. The summed E-state index contributed by atoms with van der Waals surface area (Å²) in [4.78, 5) is 0. The number of aliphatic hydroxyl groups is 1. The lowest BCUT2D eigenvalue weighted by molar-refractivity contribution is 0.278. The standard InChI is InChI=1S/C11H15BrO2S/c1-15-6-2-5-14-10-3-4-11(12)9(7-10)8-13/h3-4,7,13H,2,5-6,8H2,1H3. The Labute approximate surface area is 103 Å². The third-order valence-corrected chi connectivity index (χ3v) is 3.42. The minimum absolute atomic E-state index is 0.0304. The number of halogens is 1. The summed E-state index contributed by atoms with van der Waals surface area (Å²) in [5, 5.41) is 9.06.